The van der Waals surface area contributed by atoms with Gasteiger partial charge in [-0.1, -0.05) is 52.3 Å². The first kappa shape index (κ1) is 29.2. The third-order valence-electron chi connectivity index (χ3n) is 7.30. The molecule has 0 aromatic heterocycles. The van der Waals surface area contributed by atoms with Crippen LogP contribution in [0.25, 0.3) is 0 Å². The second kappa shape index (κ2) is 11.4. The molecule has 3 unspecified atom stereocenters. The second-order valence-electron chi connectivity index (χ2n) is 11.1. The van der Waals surface area contributed by atoms with Gasteiger partial charge in [0.25, 0.3) is 0 Å². The standard InChI is InChI=1S/C27H45NO4S2/c1-9-27(10-2,25-16-19(4)23(33-25)13-14-24(30)26(6,7)8)21-11-12-22(18(3)15-21)28-34(31,32)17-20(5)29/h11-12,15,20,24-25,28-30H,9-10,13-14,16-17H2,1-8H3. The van der Waals surface area contributed by atoms with Crippen molar-refractivity contribution < 1.29 is 18.6 Å². The topological polar surface area (TPSA) is 86.6 Å². The van der Waals surface area contributed by atoms with Gasteiger partial charge in [-0.2, -0.15) is 0 Å². The average molecular weight is 512 g/mol. The maximum Gasteiger partial charge on any atom is 0.235 e. The smallest absolute Gasteiger partial charge is 0.235 e. The number of hydrogen-bond acceptors (Lipinski definition) is 5. The van der Waals surface area contributed by atoms with Crippen LogP contribution < -0.4 is 4.72 Å². The van der Waals surface area contributed by atoms with Crippen molar-refractivity contribution in [2.24, 2.45) is 5.41 Å². The van der Waals surface area contributed by atoms with Gasteiger partial charge in [0.05, 0.1) is 23.6 Å². The summed E-state index contributed by atoms with van der Waals surface area (Å²) < 4.78 is 27.3. The maximum atomic E-state index is 12.3. The van der Waals surface area contributed by atoms with Crippen LogP contribution >= 0.6 is 11.8 Å². The van der Waals surface area contributed by atoms with E-state index in [-0.39, 0.29) is 22.7 Å². The van der Waals surface area contributed by atoms with Crippen molar-refractivity contribution in [3.8, 4) is 0 Å². The number of hydrogen-bond donors (Lipinski definition) is 3. The fourth-order valence-corrected chi connectivity index (χ4v) is 8.08. The molecule has 0 radical (unpaired) electrons. The number of aliphatic hydroxyl groups is 2. The lowest BCUT2D eigenvalue weighted by Crippen LogP contribution is -2.36. The molecule has 0 spiro atoms. The summed E-state index contributed by atoms with van der Waals surface area (Å²) in [4.78, 5) is 1.42. The van der Waals surface area contributed by atoms with Crippen molar-refractivity contribution in [1.29, 1.82) is 0 Å². The molecular formula is C27H45NO4S2. The number of benzene rings is 1. The van der Waals surface area contributed by atoms with Crippen molar-refractivity contribution in [3.05, 3.63) is 39.8 Å². The third kappa shape index (κ3) is 7.02. The van der Waals surface area contributed by atoms with E-state index in [0.717, 1.165) is 37.7 Å². The van der Waals surface area contributed by atoms with Gasteiger partial charge in [0.2, 0.25) is 10.0 Å². The largest absolute Gasteiger partial charge is 0.393 e. The Bertz CT molecular complexity index is 973. The lowest BCUT2D eigenvalue weighted by atomic mass is 9.71. The van der Waals surface area contributed by atoms with Gasteiger partial charge in [-0.15, -0.1) is 11.8 Å². The highest BCUT2D eigenvalue weighted by Crippen LogP contribution is 2.52. The lowest BCUT2D eigenvalue weighted by molar-refractivity contribution is 0.0564. The minimum Gasteiger partial charge on any atom is -0.393 e. The van der Waals surface area contributed by atoms with E-state index < -0.39 is 16.1 Å². The van der Waals surface area contributed by atoms with Crippen LogP contribution in [-0.4, -0.2) is 41.8 Å². The Labute approximate surface area is 211 Å². The molecule has 1 aromatic rings. The van der Waals surface area contributed by atoms with E-state index in [4.69, 9.17) is 0 Å². The normalized spacial score (nSPS) is 19.4. The molecule has 3 N–H and O–H groups in total. The zero-order valence-electron chi connectivity index (χ0n) is 22.2. The summed E-state index contributed by atoms with van der Waals surface area (Å²) in [6.45, 7) is 16.4. The molecule has 194 valence electrons. The van der Waals surface area contributed by atoms with E-state index in [1.54, 1.807) is 0 Å². The van der Waals surface area contributed by atoms with E-state index >= 15 is 0 Å². The fourth-order valence-electron chi connectivity index (χ4n) is 4.90. The van der Waals surface area contributed by atoms with Crippen molar-refractivity contribution in [1.82, 2.24) is 0 Å². The van der Waals surface area contributed by atoms with E-state index in [1.165, 1.54) is 23.0 Å². The Morgan fingerprint density at radius 2 is 1.76 bits per heavy atom. The predicted octanol–water partition coefficient (Wildman–Crippen LogP) is 6.14. The number of aryl methyl sites for hydroxylation is 1. The summed E-state index contributed by atoms with van der Waals surface area (Å²) in [5, 5.41) is 20.4. The summed E-state index contributed by atoms with van der Waals surface area (Å²) in [6.07, 6.45) is 3.49. The molecule has 0 fully saturated rings. The van der Waals surface area contributed by atoms with E-state index in [9.17, 15) is 18.6 Å². The number of thioether (sulfide) groups is 1. The molecule has 0 aliphatic carbocycles. The summed E-state index contributed by atoms with van der Waals surface area (Å²) in [5.74, 6) is -0.321. The number of anilines is 1. The van der Waals surface area contributed by atoms with Crippen LogP contribution in [0.5, 0.6) is 0 Å². The molecule has 0 saturated heterocycles. The zero-order valence-corrected chi connectivity index (χ0v) is 23.9. The molecule has 1 aromatic carbocycles. The van der Waals surface area contributed by atoms with Crippen LogP contribution in [-0.2, 0) is 15.4 Å². The van der Waals surface area contributed by atoms with Gasteiger partial charge in [0, 0.05) is 10.7 Å². The van der Waals surface area contributed by atoms with Gasteiger partial charge < -0.3 is 10.2 Å². The molecule has 34 heavy (non-hydrogen) atoms. The van der Waals surface area contributed by atoms with Crippen molar-refractivity contribution >= 4 is 27.5 Å². The van der Waals surface area contributed by atoms with Crippen LogP contribution in [0.1, 0.15) is 91.7 Å². The molecule has 1 heterocycles. The van der Waals surface area contributed by atoms with Gasteiger partial charge in [-0.25, -0.2) is 8.42 Å². The summed E-state index contributed by atoms with van der Waals surface area (Å²) in [7, 11) is -3.60. The lowest BCUT2D eigenvalue weighted by Gasteiger charge is -2.39. The summed E-state index contributed by atoms with van der Waals surface area (Å²) >= 11 is 1.98. The number of rotatable bonds is 11. The first-order valence-corrected chi connectivity index (χ1v) is 15.0. The minimum absolute atomic E-state index is 0.0158. The Morgan fingerprint density at radius 3 is 2.26 bits per heavy atom. The van der Waals surface area contributed by atoms with Crippen LogP contribution in [0, 0.1) is 12.3 Å². The van der Waals surface area contributed by atoms with Gasteiger partial charge >= 0.3 is 0 Å². The van der Waals surface area contributed by atoms with E-state index in [0.29, 0.717) is 10.9 Å². The highest BCUT2D eigenvalue weighted by atomic mass is 32.2. The molecule has 5 nitrogen and oxygen atoms in total. The van der Waals surface area contributed by atoms with Crippen LogP contribution in [0.3, 0.4) is 0 Å². The first-order valence-electron chi connectivity index (χ1n) is 12.5. The number of nitrogens with one attached hydrogen (secondary N) is 1. The molecule has 1 aliphatic rings. The van der Waals surface area contributed by atoms with Crippen LogP contribution in [0.4, 0.5) is 5.69 Å². The maximum absolute atomic E-state index is 12.3. The molecule has 0 saturated carbocycles. The summed E-state index contributed by atoms with van der Waals surface area (Å²) in [6, 6.07) is 6.06. The predicted molar refractivity (Wildman–Crippen MR) is 146 cm³/mol. The molecule has 0 bridgehead atoms. The zero-order chi connectivity index (χ0) is 25.9. The van der Waals surface area contributed by atoms with Crippen molar-refractivity contribution in [2.75, 3.05) is 10.5 Å². The highest BCUT2D eigenvalue weighted by molar-refractivity contribution is 8.04. The number of aliphatic hydroxyl groups excluding tert-OH is 2. The monoisotopic (exact) mass is 511 g/mol. The Hall–Kier alpha value is -1.02. The third-order valence-corrected chi connectivity index (χ3v) is 10.5. The second-order valence-corrected chi connectivity index (χ2v) is 14.1. The van der Waals surface area contributed by atoms with Crippen molar-refractivity contribution in [3.63, 3.8) is 0 Å². The molecule has 2 rings (SSSR count). The highest BCUT2D eigenvalue weighted by Gasteiger charge is 2.41. The van der Waals surface area contributed by atoms with E-state index in [1.807, 2.05) is 24.8 Å². The Kier molecular flexibility index (Phi) is 9.76. The Balaban J connectivity index is 2.24. The molecule has 0 amide bonds. The van der Waals surface area contributed by atoms with Crippen LogP contribution in [0.15, 0.2) is 28.7 Å². The van der Waals surface area contributed by atoms with Crippen LogP contribution in [0.2, 0.25) is 0 Å². The molecular weight excluding hydrogens is 466 g/mol. The number of sulfonamides is 1. The fraction of sp³-hybridized carbons (Fsp3) is 0.704. The quantitative estimate of drug-likeness (QED) is 0.332. The SMILES string of the molecule is CCC(CC)(c1ccc(NS(=O)(=O)CC(C)O)c(C)c1)C1CC(C)=C(CCC(O)C(C)(C)C)S1. The van der Waals surface area contributed by atoms with E-state index in [2.05, 4.69) is 58.4 Å². The minimum atomic E-state index is -3.60. The van der Waals surface area contributed by atoms with Gasteiger partial charge in [0.1, 0.15) is 0 Å². The number of allylic oxidation sites excluding steroid dienone is 2. The van der Waals surface area contributed by atoms with Gasteiger partial charge in [-0.05, 0) is 80.4 Å². The van der Waals surface area contributed by atoms with Gasteiger partial charge in [-0.3, -0.25) is 4.72 Å². The molecule has 7 heteroatoms. The molecule has 3 atom stereocenters. The average Bonchev–Trinajstić information content (AvgIpc) is 3.08. The van der Waals surface area contributed by atoms with Crippen molar-refractivity contribution in [2.45, 2.75) is 110 Å². The molecule has 1 aliphatic heterocycles. The first-order chi connectivity index (χ1) is 15.6. The Morgan fingerprint density at radius 1 is 1.15 bits per heavy atom. The summed E-state index contributed by atoms with van der Waals surface area (Å²) in [5.41, 5.74) is 4.01. The van der Waals surface area contributed by atoms with Gasteiger partial charge in [0.15, 0.2) is 0 Å².